The van der Waals surface area contributed by atoms with Crippen LogP contribution in [0.25, 0.3) is 0 Å². The summed E-state index contributed by atoms with van der Waals surface area (Å²) in [7, 11) is 0. The van der Waals surface area contributed by atoms with Gasteiger partial charge in [0.1, 0.15) is 5.82 Å². The first-order valence-electron chi connectivity index (χ1n) is 6.48. The molecule has 2 N–H and O–H groups in total. The number of rotatable bonds is 5. The van der Waals surface area contributed by atoms with Crippen LogP contribution in [-0.4, -0.2) is 25.0 Å². The highest BCUT2D eigenvalue weighted by molar-refractivity contribution is 5.78. The Balaban J connectivity index is 1.66. The van der Waals surface area contributed by atoms with E-state index in [-0.39, 0.29) is 11.7 Å². The molecular formula is C14H19FN2O. The summed E-state index contributed by atoms with van der Waals surface area (Å²) in [5.41, 5.74) is 0.841. The molecule has 0 spiro atoms. The van der Waals surface area contributed by atoms with E-state index in [4.69, 9.17) is 0 Å². The van der Waals surface area contributed by atoms with Crippen LogP contribution in [0, 0.1) is 5.82 Å². The van der Waals surface area contributed by atoms with Gasteiger partial charge in [0.2, 0.25) is 5.91 Å². The van der Waals surface area contributed by atoms with E-state index in [1.165, 1.54) is 25.0 Å². The molecular weight excluding hydrogens is 231 g/mol. The molecule has 0 radical (unpaired) electrons. The predicted molar refractivity (Wildman–Crippen MR) is 68.8 cm³/mol. The van der Waals surface area contributed by atoms with Crippen molar-refractivity contribution in [3.8, 4) is 0 Å². The lowest BCUT2D eigenvalue weighted by molar-refractivity contribution is -0.120. The second-order valence-corrected chi connectivity index (χ2v) is 4.74. The van der Waals surface area contributed by atoms with Crippen molar-refractivity contribution in [3.63, 3.8) is 0 Å². The van der Waals surface area contributed by atoms with Crippen LogP contribution in [0.3, 0.4) is 0 Å². The predicted octanol–water partition coefficient (Wildman–Crippen LogP) is 1.63. The number of halogens is 1. The van der Waals surface area contributed by atoms with E-state index in [0.29, 0.717) is 19.0 Å². The van der Waals surface area contributed by atoms with E-state index < -0.39 is 0 Å². The van der Waals surface area contributed by atoms with Gasteiger partial charge in [-0.3, -0.25) is 4.79 Å². The molecule has 4 heteroatoms. The van der Waals surface area contributed by atoms with Crippen LogP contribution < -0.4 is 10.6 Å². The summed E-state index contributed by atoms with van der Waals surface area (Å²) in [6.07, 6.45) is 3.73. The van der Waals surface area contributed by atoms with Crippen molar-refractivity contribution < 1.29 is 9.18 Å². The van der Waals surface area contributed by atoms with E-state index in [9.17, 15) is 9.18 Å². The van der Waals surface area contributed by atoms with Crippen molar-refractivity contribution in [1.82, 2.24) is 10.6 Å². The Morgan fingerprint density at radius 2 is 2.17 bits per heavy atom. The highest BCUT2D eigenvalue weighted by Gasteiger charge is 2.13. The molecule has 18 heavy (non-hydrogen) atoms. The molecule has 1 saturated heterocycles. The van der Waals surface area contributed by atoms with E-state index in [1.807, 2.05) is 0 Å². The van der Waals surface area contributed by atoms with Crippen molar-refractivity contribution in [2.24, 2.45) is 0 Å². The number of carbonyl (C=O) groups excluding carboxylic acids is 1. The maximum Gasteiger partial charge on any atom is 0.224 e. The standard InChI is InChI=1S/C14H19FN2O/c15-12-5-3-11(4-6-12)10-14(18)17-9-7-13-2-1-8-16-13/h3-6,13,16H,1-2,7-10H2,(H,17,18)/t13-/m0/s1. The molecule has 3 nitrogen and oxygen atoms in total. The number of hydrogen-bond acceptors (Lipinski definition) is 2. The first-order valence-corrected chi connectivity index (χ1v) is 6.48. The van der Waals surface area contributed by atoms with Crippen molar-refractivity contribution in [1.29, 1.82) is 0 Å². The largest absolute Gasteiger partial charge is 0.356 e. The fourth-order valence-corrected chi connectivity index (χ4v) is 2.24. The zero-order valence-corrected chi connectivity index (χ0v) is 10.4. The smallest absolute Gasteiger partial charge is 0.224 e. The molecule has 0 bridgehead atoms. The number of amides is 1. The summed E-state index contributed by atoms with van der Waals surface area (Å²) in [5.74, 6) is -0.272. The average molecular weight is 250 g/mol. The second kappa shape index (κ2) is 6.50. The van der Waals surface area contributed by atoms with Crippen molar-refractivity contribution >= 4 is 5.91 Å². The van der Waals surface area contributed by atoms with E-state index >= 15 is 0 Å². The van der Waals surface area contributed by atoms with E-state index in [1.54, 1.807) is 12.1 Å². The van der Waals surface area contributed by atoms with Gasteiger partial charge in [-0.2, -0.15) is 0 Å². The van der Waals surface area contributed by atoms with Crippen LogP contribution in [-0.2, 0) is 11.2 Å². The lowest BCUT2D eigenvalue weighted by Gasteiger charge is -2.10. The van der Waals surface area contributed by atoms with Gasteiger partial charge in [0.05, 0.1) is 6.42 Å². The minimum atomic E-state index is -0.272. The maximum absolute atomic E-state index is 12.7. The molecule has 1 aromatic rings. The van der Waals surface area contributed by atoms with E-state index in [2.05, 4.69) is 10.6 Å². The Labute approximate surface area is 107 Å². The Morgan fingerprint density at radius 3 is 2.83 bits per heavy atom. The molecule has 1 aliphatic heterocycles. The first kappa shape index (κ1) is 13.0. The minimum Gasteiger partial charge on any atom is -0.356 e. The normalized spacial score (nSPS) is 18.8. The van der Waals surface area contributed by atoms with Gasteiger partial charge >= 0.3 is 0 Å². The van der Waals surface area contributed by atoms with Crippen LogP contribution in [0.2, 0.25) is 0 Å². The third-order valence-electron chi connectivity index (χ3n) is 3.26. The summed E-state index contributed by atoms with van der Waals surface area (Å²) >= 11 is 0. The topological polar surface area (TPSA) is 41.1 Å². The summed E-state index contributed by atoms with van der Waals surface area (Å²) in [6, 6.07) is 6.60. The van der Waals surface area contributed by atoms with Crippen LogP contribution in [0.5, 0.6) is 0 Å². The van der Waals surface area contributed by atoms with Crippen LogP contribution in [0.4, 0.5) is 4.39 Å². The van der Waals surface area contributed by atoms with Gasteiger partial charge in [-0.15, -0.1) is 0 Å². The molecule has 2 rings (SSSR count). The molecule has 0 aromatic heterocycles. The maximum atomic E-state index is 12.7. The third kappa shape index (κ3) is 4.11. The summed E-state index contributed by atoms with van der Waals surface area (Å²) in [5, 5.41) is 6.29. The van der Waals surface area contributed by atoms with E-state index in [0.717, 1.165) is 18.5 Å². The van der Waals surface area contributed by atoms with Gasteiger partial charge in [0, 0.05) is 12.6 Å². The molecule has 1 aliphatic rings. The monoisotopic (exact) mass is 250 g/mol. The van der Waals surface area contributed by atoms with Gasteiger partial charge < -0.3 is 10.6 Å². The van der Waals surface area contributed by atoms with Crippen LogP contribution in [0.1, 0.15) is 24.8 Å². The number of benzene rings is 1. The number of hydrogen-bond donors (Lipinski definition) is 2. The third-order valence-corrected chi connectivity index (χ3v) is 3.26. The molecule has 0 aliphatic carbocycles. The molecule has 1 atom stereocenters. The van der Waals surface area contributed by atoms with Gasteiger partial charge in [-0.25, -0.2) is 4.39 Å². The molecule has 0 saturated carbocycles. The lowest BCUT2D eigenvalue weighted by atomic mass is 10.1. The van der Waals surface area contributed by atoms with Gasteiger partial charge in [0.25, 0.3) is 0 Å². The van der Waals surface area contributed by atoms with Gasteiger partial charge in [-0.05, 0) is 43.5 Å². The quantitative estimate of drug-likeness (QED) is 0.834. The van der Waals surface area contributed by atoms with Crippen molar-refractivity contribution in [3.05, 3.63) is 35.6 Å². The number of nitrogens with one attached hydrogen (secondary N) is 2. The Morgan fingerprint density at radius 1 is 1.39 bits per heavy atom. The second-order valence-electron chi connectivity index (χ2n) is 4.74. The van der Waals surface area contributed by atoms with Crippen LogP contribution in [0.15, 0.2) is 24.3 Å². The summed E-state index contributed by atoms with van der Waals surface area (Å²) in [6.45, 7) is 1.80. The first-order chi connectivity index (χ1) is 8.74. The molecule has 1 heterocycles. The molecule has 1 amide bonds. The molecule has 98 valence electrons. The van der Waals surface area contributed by atoms with Crippen molar-refractivity contribution in [2.75, 3.05) is 13.1 Å². The molecule has 1 fully saturated rings. The minimum absolute atomic E-state index is 0.000366. The molecule has 0 unspecified atom stereocenters. The fraction of sp³-hybridized carbons (Fsp3) is 0.500. The zero-order chi connectivity index (χ0) is 12.8. The number of carbonyl (C=O) groups is 1. The highest BCUT2D eigenvalue weighted by Crippen LogP contribution is 2.07. The average Bonchev–Trinajstić information content (AvgIpc) is 2.85. The zero-order valence-electron chi connectivity index (χ0n) is 10.4. The fourth-order valence-electron chi connectivity index (χ4n) is 2.24. The lowest BCUT2D eigenvalue weighted by Crippen LogP contribution is -2.31. The van der Waals surface area contributed by atoms with Gasteiger partial charge in [-0.1, -0.05) is 12.1 Å². The van der Waals surface area contributed by atoms with Gasteiger partial charge in [0.15, 0.2) is 0 Å². The Kier molecular flexibility index (Phi) is 4.70. The Hall–Kier alpha value is -1.42. The Bertz CT molecular complexity index is 385. The van der Waals surface area contributed by atoms with Crippen molar-refractivity contribution in [2.45, 2.75) is 31.7 Å². The summed E-state index contributed by atoms with van der Waals surface area (Å²) in [4.78, 5) is 11.6. The molecule has 1 aromatic carbocycles. The summed E-state index contributed by atoms with van der Waals surface area (Å²) < 4.78 is 12.7. The van der Waals surface area contributed by atoms with Crippen LogP contribution >= 0.6 is 0 Å². The highest BCUT2D eigenvalue weighted by atomic mass is 19.1. The SMILES string of the molecule is O=C(Cc1ccc(F)cc1)NCC[C@@H]1CCCN1.